The number of anilines is 2. The predicted molar refractivity (Wildman–Crippen MR) is 103 cm³/mol. The smallest absolute Gasteiger partial charge is 0.337 e. The summed E-state index contributed by atoms with van der Waals surface area (Å²) >= 11 is 0. The van der Waals surface area contributed by atoms with Crippen LogP contribution in [-0.4, -0.2) is 29.2 Å². The third-order valence-corrected chi connectivity index (χ3v) is 4.69. The Labute approximate surface area is 154 Å². The molecule has 138 valence electrons. The molecule has 26 heavy (non-hydrogen) atoms. The Morgan fingerprint density at radius 1 is 1.31 bits per heavy atom. The van der Waals surface area contributed by atoms with Gasteiger partial charge in [0.05, 0.1) is 12.2 Å². The van der Waals surface area contributed by atoms with E-state index in [1.165, 1.54) is 24.6 Å². The zero-order chi connectivity index (χ0) is 18.7. The number of carboxylic acids is 1. The first kappa shape index (κ1) is 18.2. The van der Waals surface area contributed by atoms with Gasteiger partial charge in [0.15, 0.2) is 0 Å². The topological polar surface area (TPSA) is 62.7 Å². The molecule has 2 aromatic rings. The molecule has 1 fully saturated rings. The fourth-order valence-corrected chi connectivity index (χ4v) is 2.93. The van der Waals surface area contributed by atoms with Gasteiger partial charge in [-0.3, -0.25) is 0 Å². The van der Waals surface area contributed by atoms with Crippen LogP contribution in [0.2, 0.25) is 0 Å². The van der Waals surface area contributed by atoms with Crippen LogP contribution >= 0.6 is 0 Å². The zero-order valence-corrected chi connectivity index (χ0v) is 15.6. The molecule has 1 saturated carbocycles. The Morgan fingerprint density at radius 2 is 2.08 bits per heavy atom. The van der Waals surface area contributed by atoms with Gasteiger partial charge in [-0.2, -0.15) is 0 Å². The number of aromatic carboxylic acids is 1. The van der Waals surface area contributed by atoms with Crippen molar-refractivity contribution in [2.75, 3.05) is 18.1 Å². The predicted octanol–water partition coefficient (Wildman–Crippen LogP) is 4.85. The zero-order valence-electron chi connectivity index (χ0n) is 15.6. The highest BCUT2D eigenvalue weighted by atomic mass is 16.5. The SMILES string of the molecule is CCN(c1ccc(C(C)C)c(OCC2CC2)c1)c1ccc(C(=O)O)cn1. The Morgan fingerprint density at radius 3 is 2.62 bits per heavy atom. The number of aromatic nitrogens is 1. The van der Waals surface area contributed by atoms with Crippen LogP contribution < -0.4 is 9.64 Å². The summed E-state index contributed by atoms with van der Waals surface area (Å²) in [5.74, 6) is 1.78. The molecule has 5 heteroatoms. The molecular weight excluding hydrogens is 328 g/mol. The third-order valence-electron chi connectivity index (χ3n) is 4.69. The average molecular weight is 354 g/mol. The molecule has 1 aromatic heterocycles. The van der Waals surface area contributed by atoms with Crippen LogP contribution in [0.3, 0.4) is 0 Å². The summed E-state index contributed by atoms with van der Waals surface area (Å²) in [4.78, 5) is 17.4. The lowest BCUT2D eigenvalue weighted by atomic mass is 10.0. The van der Waals surface area contributed by atoms with Gasteiger partial charge in [-0.15, -0.1) is 0 Å². The number of hydrogen-bond acceptors (Lipinski definition) is 4. The number of hydrogen-bond donors (Lipinski definition) is 1. The van der Waals surface area contributed by atoms with Crippen molar-refractivity contribution in [2.24, 2.45) is 5.92 Å². The van der Waals surface area contributed by atoms with E-state index in [4.69, 9.17) is 9.84 Å². The fraction of sp³-hybridized carbons (Fsp3) is 0.429. The molecule has 1 heterocycles. The van der Waals surface area contributed by atoms with E-state index >= 15 is 0 Å². The molecular formula is C21H26N2O3. The van der Waals surface area contributed by atoms with Crippen LogP contribution in [0.25, 0.3) is 0 Å². The number of ether oxygens (including phenoxy) is 1. The average Bonchev–Trinajstić information content (AvgIpc) is 3.45. The van der Waals surface area contributed by atoms with Gasteiger partial charge in [-0.25, -0.2) is 9.78 Å². The van der Waals surface area contributed by atoms with Crippen molar-refractivity contribution in [3.63, 3.8) is 0 Å². The summed E-state index contributed by atoms with van der Waals surface area (Å²) < 4.78 is 6.12. The number of pyridine rings is 1. The second-order valence-corrected chi connectivity index (χ2v) is 7.09. The van der Waals surface area contributed by atoms with Crippen molar-refractivity contribution in [1.82, 2.24) is 4.98 Å². The van der Waals surface area contributed by atoms with Crippen molar-refractivity contribution >= 4 is 17.5 Å². The van der Waals surface area contributed by atoms with Crippen LogP contribution in [0.1, 0.15) is 55.5 Å². The summed E-state index contributed by atoms with van der Waals surface area (Å²) in [7, 11) is 0. The van der Waals surface area contributed by atoms with Gasteiger partial charge in [-0.05, 0) is 55.4 Å². The van der Waals surface area contributed by atoms with Crippen molar-refractivity contribution < 1.29 is 14.6 Å². The minimum atomic E-state index is -0.968. The number of carboxylic acid groups (broad SMARTS) is 1. The van der Waals surface area contributed by atoms with E-state index in [-0.39, 0.29) is 5.56 Å². The lowest BCUT2D eigenvalue weighted by Crippen LogP contribution is -2.18. The molecule has 1 aromatic carbocycles. The summed E-state index contributed by atoms with van der Waals surface area (Å²) in [6.45, 7) is 7.89. The van der Waals surface area contributed by atoms with Crippen LogP contribution in [0.4, 0.5) is 11.5 Å². The molecule has 0 bridgehead atoms. The molecule has 1 aliphatic carbocycles. The minimum Gasteiger partial charge on any atom is -0.493 e. The maximum atomic E-state index is 11.0. The Hall–Kier alpha value is -2.56. The van der Waals surface area contributed by atoms with E-state index in [1.54, 1.807) is 12.1 Å². The van der Waals surface area contributed by atoms with E-state index in [2.05, 4.69) is 41.9 Å². The van der Waals surface area contributed by atoms with Gasteiger partial charge < -0.3 is 14.7 Å². The van der Waals surface area contributed by atoms with Crippen LogP contribution in [0.5, 0.6) is 5.75 Å². The first-order chi connectivity index (χ1) is 12.5. The van der Waals surface area contributed by atoms with E-state index in [9.17, 15) is 4.79 Å². The molecule has 0 radical (unpaired) electrons. The van der Waals surface area contributed by atoms with Crippen molar-refractivity contribution in [2.45, 2.75) is 39.5 Å². The van der Waals surface area contributed by atoms with Crippen LogP contribution in [0, 0.1) is 5.92 Å². The normalized spacial score (nSPS) is 13.7. The maximum Gasteiger partial charge on any atom is 0.337 e. The Bertz CT molecular complexity index is 767. The van der Waals surface area contributed by atoms with E-state index < -0.39 is 5.97 Å². The lowest BCUT2D eigenvalue weighted by Gasteiger charge is -2.24. The Balaban J connectivity index is 1.89. The van der Waals surface area contributed by atoms with Gasteiger partial charge in [0.25, 0.3) is 0 Å². The van der Waals surface area contributed by atoms with Gasteiger partial charge in [-0.1, -0.05) is 19.9 Å². The second-order valence-electron chi connectivity index (χ2n) is 7.09. The molecule has 0 unspecified atom stereocenters. The number of benzene rings is 1. The monoisotopic (exact) mass is 354 g/mol. The summed E-state index contributed by atoms with van der Waals surface area (Å²) in [6.07, 6.45) is 3.92. The first-order valence-electron chi connectivity index (χ1n) is 9.23. The highest BCUT2D eigenvalue weighted by molar-refractivity contribution is 5.87. The van der Waals surface area contributed by atoms with E-state index in [0.717, 1.165) is 30.4 Å². The van der Waals surface area contributed by atoms with Gasteiger partial charge in [0.1, 0.15) is 11.6 Å². The largest absolute Gasteiger partial charge is 0.493 e. The molecule has 0 aliphatic heterocycles. The molecule has 0 spiro atoms. The van der Waals surface area contributed by atoms with Crippen molar-refractivity contribution in [3.05, 3.63) is 47.7 Å². The highest BCUT2D eigenvalue weighted by Crippen LogP contribution is 2.35. The van der Waals surface area contributed by atoms with Gasteiger partial charge in [0, 0.05) is 24.5 Å². The van der Waals surface area contributed by atoms with Crippen LogP contribution in [0.15, 0.2) is 36.5 Å². The molecule has 1 N–H and O–H groups in total. The van der Waals surface area contributed by atoms with Crippen LogP contribution in [-0.2, 0) is 0 Å². The molecule has 0 amide bonds. The number of nitrogens with zero attached hydrogens (tertiary/aromatic N) is 2. The molecule has 0 saturated heterocycles. The highest BCUT2D eigenvalue weighted by Gasteiger charge is 2.23. The number of carbonyl (C=O) groups is 1. The minimum absolute atomic E-state index is 0.188. The quantitative estimate of drug-likeness (QED) is 0.734. The summed E-state index contributed by atoms with van der Waals surface area (Å²) in [5.41, 5.74) is 2.39. The molecule has 1 aliphatic rings. The van der Waals surface area contributed by atoms with Gasteiger partial charge >= 0.3 is 5.97 Å². The summed E-state index contributed by atoms with van der Waals surface area (Å²) in [5, 5.41) is 9.05. The molecule has 3 rings (SSSR count). The first-order valence-corrected chi connectivity index (χ1v) is 9.23. The Kier molecular flexibility index (Phi) is 5.45. The fourth-order valence-electron chi connectivity index (χ4n) is 2.93. The maximum absolute atomic E-state index is 11.0. The third kappa shape index (κ3) is 4.15. The van der Waals surface area contributed by atoms with Crippen molar-refractivity contribution in [1.29, 1.82) is 0 Å². The lowest BCUT2D eigenvalue weighted by molar-refractivity contribution is 0.0696. The van der Waals surface area contributed by atoms with E-state index in [1.807, 2.05) is 6.92 Å². The van der Waals surface area contributed by atoms with E-state index in [0.29, 0.717) is 11.8 Å². The molecule has 0 atom stereocenters. The second kappa shape index (κ2) is 7.77. The molecule has 5 nitrogen and oxygen atoms in total. The summed E-state index contributed by atoms with van der Waals surface area (Å²) in [6, 6.07) is 9.61. The standard InChI is InChI=1S/C21H26N2O3/c1-4-23(20-10-7-16(12-22-20)21(24)25)17-8-9-18(14(2)3)19(11-17)26-13-15-5-6-15/h7-12,14-15H,4-6,13H2,1-3H3,(H,24,25). The number of rotatable bonds is 8. The van der Waals surface area contributed by atoms with Crippen molar-refractivity contribution in [3.8, 4) is 5.75 Å². The van der Waals surface area contributed by atoms with Gasteiger partial charge in [0.2, 0.25) is 0 Å².